The minimum atomic E-state index is -3.84. The van der Waals surface area contributed by atoms with Gasteiger partial charge in [0.15, 0.2) is 5.37 Å². The fraction of sp³-hybridized carbons (Fsp3) is 0.375. The molecule has 0 saturated heterocycles. The Kier molecular flexibility index (Phi) is 2.09. The summed E-state index contributed by atoms with van der Waals surface area (Å²) in [7, 11) is -3.84. The summed E-state index contributed by atoms with van der Waals surface area (Å²) in [6.45, 7) is 1.69. The molecule has 6 nitrogen and oxygen atoms in total. The molecule has 7 heteroatoms. The van der Waals surface area contributed by atoms with Crippen LogP contribution < -0.4 is 10.5 Å². The summed E-state index contributed by atoms with van der Waals surface area (Å²) >= 11 is 0. The lowest BCUT2D eigenvalue weighted by atomic mass is 9.97. The van der Waals surface area contributed by atoms with Gasteiger partial charge in [-0.3, -0.25) is 4.79 Å². The molecule has 0 aromatic heterocycles. The first-order valence-corrected chi connectivity index (χ1v) is 5.87. The number of rotatable bonds is 1. The molecule has 3 N–H and O–H groups in total. The summed E-state index contributed by atoms with van der Waals surface area (Å²) in [5.41, 5.74) is 1.17. The van der Waals surface area contributed by atoms with Gasteiger partial charge in [-0.15, -0.1) is 0 Å². The quantitative estimate of drug-likeness (QED) is 0.572. The molecule has 2 aliphatic heterocycles. The van der Waals surface area contributed by atoms with Crippen molar-refractivity contribution in [3.63, 3.8) is 0 Å². The smallest absolute Gasteiger partial charge is 0.321 e. The second-order valence-electron chi connectivity index (χ2n) is 3.51. The van der Waals surface area contributed by atoms with E-state index in [1.807, 2.05) is 0 Å². The molecule has 82 valence electrons. The molecule has 2 atom stereocenters. The highest BCUT2D eigenvalue weighted by Crippen LogP contribution is 2.31. The maximum atomic E-state index is 11.3. The Morgan fingerprint density at radius 3 is 2.80 bits per heavy atom. The number of hydrogen-bond acceptors (Lipinski definition) is 5. The molecule has 0 fully saturated rings. The lowest BCUT2D eigenvalue weighted by molar-refractivity contribution is -0.139. The van der Waals surface area contributed by atoms with E-state index in [4.69, 9.17) is 5.14 Å². The molecule has 0 spiro atoms. The summed E-state index contributed by atoms with van der Waals surface area (Å²) in [5, 5.41) is 6.57. The molecule has 15 heavy (non-hydrogen) atoms. The van der Waals surface area contributed by atoms with Gasteiger partial charge in [-0.1, -0.05) is 0 Å². The van der Waals surface area contributed by atoms with E-state index in [2.05, 4.69) is 10.1 Å². The summed E-state index contributed by atoms with van der Waals surface area (Å²) in [5.74, 6) is -1.45. The second kappa shape index (κ2) is 3.07. The Hall–Kier alpha value is -1.34. The van der Waals surface area contributed by atoms with E-state index in [1.54, 1.807) is 13.0 Å². The molecule has 0 bridgehead atoms. The number of allylic oxidation sites excluding steroid dienone is 2. The number of sulfonamides is 1. The Morgan fingerprint density at radius 2 is 2.20 bits per heavy atom. The zero-order valence-corrected chi connectivity index (χ0v) is 8.74. The Balaban J connectivity index is 2.47. The first kappa shape index (κ1) is 10.2. The van der Waals surface area contributed by atoms with Crippen LogP contribution in [0.15, 0.2) is 23.6 Å². The van der Waals surface area contributed by atoms with Crippen LogP contribution in [-0.4, -0.2) is 19.8 Å². The van der Waals surface area contributed by atoms with Crippen molar-refractivity contribution in [1.29, 1.82) is 0 Å². The van der Waals surface area contributed by atoms with Gasteiger partial charge in [0, 0.05) is 11.3 Å². The largest absolute Gasteiger partial charge is 0.434 e. The van der Waals surface area contributed by atoms with Gasteiger partial charge in [0.25, 0.3) is 0 Å². The maximum absolute atomic E-state index is 11.3. The molecular weight excluding hydrogens is 220 g/mol. The third kappa shape index (κ3) is 1.64. The molecule has 0 aromatic carbocycles. The number of carbonyl (C=O) groups is 1. The number of primary sulfonamides is 1. The highest BCUT2D eigenvalue weighted by atomic mass is 32.2. The van der Waals surface area contributed by atoms with E-state index >= 15 is 0 Å². The van der Waals surface area contributed by atoms with Crippen molar-refractivity contribution >= 4 is 16.0 Å². The summed E-state index contributed by atoms with van der Waals surface area (Å²) in [4.78, 5) is 11.3. The average molecular weight is 230 g/mol. The van der Waals surface area contributed by atoms with Gasteiger partial charge < -0.3 is 10.1 Å². The van der Waals surface area contributed by atoms with Crippen molar-refractivity contribution in [3.8, 4) is 0 Å². The van der Waals surface area contributed by atoms with Gasteiger partial charge in [-0.25, -0.2) is 13.6 Å². The molecular formula is C8H10N2O4S. The fourth-order valence-electron chi connectivity index (χ4n) is 1.70. The van der Waals surface area contributed by atoms with Crippen LogP contribution in [0.1, 0.15) is 6.92 Å². The number of hydrogen-bond donors (Lipinski definition) is 2. The summed E-state index contributed by atoms with van der Waals surface area (Å²) in [6.07, 6.45) is 2.92. The topological polar surface area (TPSA) is 98.5 Å². The van der Waals surface area contributed by atoms with Crippen LogP contribution in [0.5, 0.6) is 0 Å². The third-order valence-corrected chi connectivity index (χ3v) is 3.43. The minimum Gasteiger partial charge on any atom is -0.434 e. The first-order valence-electron chi connectivity index (χ1n) is 4.26. The zero-order chi connectivity index (χ0) is 11.2. The average Bonchev–Trinajstić information content (AvgIpc) is 2.44. The molecule has 2 heterocycles. The van der Waals surface area contributed by atoms with Gasteiger partial charge in [0.1, 0.15) is 5.92 Å². The second-order valence-corrected chi connectivity index (χ2v) is 5.20. The molecule has 2 unspecified atom stereocenters. The minimum absolute atomic E-state index is 0.537. The zero-order valence-electron chi connectivity index (χ0n) is 7.93. The SMILES string of the molecule is CC1=CC2=COC(=O)C2C(S(N)(=O)=O)N1. The highest BCUT2D eigenvalue weighted by Gasteiger charge is 2.44. The monoisotopic (exact) mass is 230 g/mol. The number of esters is 1. The summed E-state index contributed by atoms with van der Waals surface area (Å²) < 4.78 is 27.2. The normalized spacial score (nSPS) is 29.9. The number of fused-ring (bicyclic) bond motifs is 1. The molecule has 0 aliphatic carbocycles. The fourth-order valence-corrected chi connectivity index (χ4v) is 2.70. The maximum Gasteiger partial charge on any atom is 0.321 e. The van der Waals surface area contributed by atoms with Crippen molar-refractivity contribution in [2.45, 2.75) is 12.3 Å². The third-order valence-electron chi connectivity index (χ3n) is 2.33. The van der Waals surface area contributed by atoms with Crippen molar-refractivity contribution in [1.82, 2.24) is 5.32 Å². The van der Waals surface area contributed by atoms with Crippen LogP contribution in [0.2, 0.25) is 0 Å². The molecule has 0 saturated carbocycles. The van der Waals surface area contributed by atoms with Gasteiger partial charge in [-0.05, 0) is 13.0 Å². The van der Waals surface area contributed by atoms with Crippen LogP contribution >= 0.6 is 0 Å². The van der Waals surface area contributed by atoms with Crippen molar-refractivity contribution in [2.75, 3.05) is 0 Å². The van der Waals surface area contributed by atoms with E-state index < -0.39 is 27.3 Å². The Bertz CT molecular complexity index is 477. The van der Waals surface area contributed by atoms with Crippen molar-refractivity contribution in [2.24, 2.45) is 11.1 Å². The predicted molar refractivity (Wildman–Crippen MR) is 51.5 cm³/mol. The molecule has 2 aliphatic rings. The van der Waals surface area contributed by atoms with E-state index in [-0.39, 0.29) is 0 Å². The van der Waals surface area contributed by atoms with Gasteiger partial charge in [0.05, 0.1) is 6.26 Å². The predicted octanol–water partition coefficient (Wildman–Crippen LogP) is -0.835. The number of nitrogens with one attached hydrogen (secondary N) is 1. The number of ether oxygens (including phenoxy) is 1. The molecule has 2 rings (SSSR count). The van der Waals surface area contributed by atoms with E-state index in [9.17, 15) is 13.2 Å². The van der Waals surface area contributed by atoms with Crippen molar-refractivity contribution < 1.29 is 17.9 Å². The van der Waals surface area contributed by atoms with Crippen molar-refractivity contribution in [3.05, 3.63) is 23.6 Å². The van der Waals surface area contributed by atoms with Gasteiger partial charge in [-0.2, -0.15) is 0 Å². The van der Waals surface area contributed by atoms with Crippen LogP contribution in [0, 0.1) is 5.92 Å². The summed E-state index contributed by atoms with van der Waals surface area (Å²) in [6, 6.07) is 0. The van der Waals surface area contributed by atoms with E-state index in [0.717, 1.165) is 0 Å². The van der Waals surface area contributed by atoms with Gasteiger partial charge in [0.2, 0.25) is 10.0 Å². The number of cyclic esters (lactones) is 1. The highest BCUT2D eigenvalue weighted by molar-refractivity contribution is 7.89. The molecule has 0 radical (unpaired) electrons. The van der Waals surface area contributed by atoms with E-state index in [1.165, 1.54) is 6.26 Å². The Morgan fingerprint density at radius 1 is 1.53 bits per heavy atom. The molecule has 0 amide bonds. The van der Waals surface area contributed by atoms with Gasteiger partial charge >= 0.3 is 5.97 Å². The number of nitrogens with two attached hydrogens (primary N) is 1. The van der Waals surface area contributed by atoms with Crippen LogP contribution in [-0.2, 0) is 19.6 Å². The van der Waals surface area contributed by atoms with E-state index in [0.29, 0.717) is 11.3 Å². The molecule has 0 aromatic rings. The van der Waals surface area contributed by atoms with Crippen LogP contribution in [0.3, 0.4) is 0 Å². The lowest BCUT2D eigenvalue weighted by Crippen LogP contribution is -2.49. The standard InChI is InChI=1S/C8H10N2O4S/c1-4-2-5-3-14-8(11)6(5)7(10-4)15(9,12)13/h2-3,6-7,10H,1H3,(H2,9,12,13). The Labute approximate surface area is 86.8 Å². The first-order chi connectivity index (χ1) is 6.89. The van der Waals surface area contributed by atoms with Crippen LogP contribution in [0.4, 0.5) is 0 Å². The lowest BCUT2D eigenvalue weighted by Gasteiger charge is -2.26. The number of carbonyl (C=O) groups excluding carboxylic acids is 1. The van der Waals surface area contributed by atoms with Crippen LogP contribution in [0.25, 0.3) is 0 Å².